The summed E-state index contributed by atoms with van der Waals surface area (Å²) in [4.78, 5) is 31.5. The molecule has 2 aromatic carbocycles. The monoisotopic (exact) mass is 431 g/mol. The summed E-state index contributed by atoms with van der Waals surface area (Å²) in [6, 6.07) is 14.2. The summed E-state index contributed by atoms with van der Waals surface area (Å²) in [6.07, 6.45) is 0.126. The van der Waals surface area contributed by atoms with Crippen molar-refractivity contribution >= 4 is 51.7 Å². The number of anilines is 1. The van der Waals surface area contributed by atoms with Crippen LogP contribution in [-0.2, 0) is 9.59 Å². The Balaban J connectivity index is 1.74. The van der Waals surface area contributed by atoms with Crippen LogP contribution in [0.4, 0.5) is 11.4 Å². The van der Waals surface area contributed by atoms with Gasteiger partial charge in [0.15, 0.2) is 5.17 Å². The van der Waals surface area contributed by atoms with Crippen molar-refractivity contribution in [1.29, 1.82) is 0 Å². The van der Waals surface area contributed by atoms with Crippen LogP contribution in [0.25, 0.3) is 0 Å². The number of nitrogens with zero attached hydrogens (tertiary/aromatic N) is 2. The second-order valence-corrected chi connectivity index (χ2v) is 7.87. The predicted octanol–water partition coefficient (Wildman–Crippen LogP) is 4.72. The van der Waals surface area contributed by atoms with Gasteiger partial charge in [0.1, 0.15) is 11.0 Å². The van der Waals surface area contributed by atoms with E-state index in [1.54, 1.807) is 53.4 Å². The molecule has 0 saturated carbocycles. The number of thioether (sulfide) groups is 1. The van der Waals surface area contributed by atoms with Crippen LogP contribution in [0.2, 0.25) is 5.02 Å². The first-order valence-electron chi connectivity index (χ1n) is 9.35. The van der Waals surface area contributed by atoms with Gasteiger partial charge in [0.2, 0.25) is 11.8 Å². The smallest absolute Gasteiger partial charge is 0.238 e. The number of rotatable bonds is 6. The van der Waals surface area contributed by atoms with Gasteiger partial charge in [-0.3, -0.25) is 14.5 Å². The standard InChI is InChI=1S/C21H22ClN3O3S/c1-3-25-19(26)13-18(29-21(25)24-16-7-5-14(22)6-8-16)20(27)23-15-9-11-17(12-10-15)28-4-2/h5-12,18H,3-4,13H2,1-2H3,(H,23,27)/t18-/m1/s1. The molecule has 3 rings (SSSR count). The van der Waals surface area contributed by atoms with Crippen molar-refractivity contribution in [2.75, 3.05) is 18.5 Å². The maximum absolute atomic E-state index is 12.8. The Labute approximate surface area is 179 Å². The van der Waals surface area contributed by atoms with Crippen LogP contribution < -0.4 is 10.1 Å². The largest absolute Gasteiger partial charge is 0.494 e. The number of carbonyl (C=O) groups is 2. The first-order valence-corrected chi connectivity index (χ1v) is 10.6. The third-order valence-electron chi connectivity index (χ3n) is 4.23. The number of ether oxygens (including phenoxy) is 1. The molecule has 1 N–H and O–H groups in total. The van der Waals surface area contributed by atoms with E-state index >= 15 is 0 Å². The Hall–Kier alpha value is -2.51. The molecule has 8 heteroatoms. The second-order valence-electron chi connectivity index (χ2n) is 6.27. The maximum atomic E-state index is 12.8. The third kappa shape index (κ3) is 5.52. The summed E-state index contributed by atoms with van der Waals surface area (Å²) < 4.78 is 5.41. The minimum atomic E-state index is -0.553. The zero-order chi connectivity index (χ0) is 20.8. The first kappa shape index (κ1) is 21.2. The van der Waals surface area contributed by atoms with Crippen LogP contribution >= 0.6 is 23.4 Å². The van der Waals surface area contributed by atoms with Gasteiger partial charge in [0.25, 0.3) is 0 Å². The molecule has 0 aromatic heterocycles. The lowest BCUT2D eigenvalue weighted by Crippen LogP contribution is -2.45. The van der Waals surface area contributed by atoms with Gasteiger partial charge < -0.3 is 10.1 Å². The lowest BCUT2D eigenvalue weighted by atomic mass is 10.2. The minimum absolute atomic E-state index is 0.120. The van der Waals surface area contributed by atoms with Crippen molar-refractivity contribution in [2.24, 2.45) is 4.99 Å². The highest BCUT2D eigenvalue weighted by molar-refractivity contribution is 8.15. The summed E-state index contributed by atoms with van der Waals surface area (Å²) >= 11 is 7.21. The van der Waals surface area contributed by atoms with Crippen LogP contribution in [0.15, 0.2) is 53.5 Å². The van der Waals surface area contributed by atoms with Crippen LogP contribution in [0, 0.1) is 0 Å². The lowest BCUT2D eigenvalue weighted by molar-refractivity contribution is -0.129. The molecule has 0 unspecified atom stereocenters. The van der Waals surface area contributed by atoms with Gasteiger partial charge >= 0.3 is 0 Å². The maximum Gasteiger partial charge on any atom is 0.238 e. The Bertz CT molecular complexity index is 900. The molecule has 0 spiro atoms. The molecule has 2 amide bonds. The molecular formula is C21H22ClN3O3S. The number of aliphatic imine (C=N–C) groups is 1. The van der Waals surface area contributed by atoms with Gasteiger partial charge in [-0.15, -0.1) is 0 Å². The number of halogens is 1. The second kappa shape index (κ2) is 9.80. The van der Waals surface area contributed by atoms with Gasteiger partial charge in [0, 0.05) is 23.7 Å². The fourth-order valence-corrected chi connectivity index (χ4v) is 4.09. The van der Waals surface area contributed by atoms with Gasteiger partial charge in [-0.2, -0.15) is 0 Å². The molecule has 1 atom stereocenters. The molecule has 1 aliphatic heterocycles. The van der Waals surface area contributed by atoms with E-state index in [1.165, 1.54) is 11.8 Å². The highest BCUT2D eigenvalue weighted by atomic mass is 35.5. The highest BCUT2D eigenvalue weighted by Crippen LogP contribution is 2.30. The molecule has 29 heavy (non-hydrogen) atoms. The summed E-state index contributed by atoms with van der Waals surface area (Å²) in [5.74, 6) is 0.390. The lowest BCUT2D eigenvalue weighted by Gasteiger charge is -2.30. The van der Waals surface area contributed by atoms with Crippen molar-refractivity contribution in [1.82, 2.24) is 4.90 Å². The van der Waals surface area contributed by atoms with E-state index in [2.05, 4.69) is 10.3 Å². The van der Waals surface area contributed by atoms with E-state index in [0.29, 0.717) is 34.7 Å². The van der Waals surface area contributed by atoms with Crippen LogP contribution in [0.1, 0.15) is 20.3 Å². The molecule has 0 radical (unpaired) electrons. The quantitative estimate of drug-likeness (QED) is 0.718. The van der Waals surface area contributed by atoms with E-state index in [4.69, 9.17) is 16.3 Å². The molecule has 6 nitrogen and oxygen atoms in total. The van der Waals surface area contributed by atoms with Crippen molar-refractivity contribution in [3.8, 4) is 5.75 Å². The van der Waals surface area contributed by atoms with Gasteiger partial charge in [-0.25, -0.2) is 4.99 Å². The van der Waals surface area contributed by atoms with E-state index in [0.717, 1.165) is 5.75 Å². The molecule has 2 aromatic rings. The SMILES string of the molecule is CCOc1ccc(NC(=O)[C@H]2CC(=O)N(CC)C(=Nc3ccc(Cl)cc3)S2)cc1. The highest BCUT2D eigenvalue weighted by Gasteiger charge is 2.35. The average molecular weight is 432 g/mol. The topological polar surface area (TPSA) is 71.0 Å². The van der Waals surface area contributed by atoms with Crippen molar-refractivity contribution in [3.63, 3.8) is 0 Å². The first-order chi connectivity index (χ1) is 14.0. The summed E-state index contributed by atoms with van der Waals surface area (Å²) in [5.41, 5.74) is 1.33. The van der Waals surface area contributed by atoms with E-state index in [-0.39, 0.29) is 18.2 Å². The molecule has 1 fully saturated rings. The number of hydrogen-bond donors (Lipinski definition) is 1. The zero-order valence-corrected chi connectivity index (χ0v) is 17.8. The van der Waals surface area contributed by atoms with Crippen LogP contribution in [-0.4, -0.2) is 40.3 Å². The number of amides is 2. The molecule has 1 heterocycles. The summed E-state index contributed by atoms with van der Waals surface area (Å²) in [7, 11) is 0. The normalized spacial score (nSPS) is 18.0. The van der Waals surface area contributed by atoms with Gasteiger partial charge in [-0.1, -0.05) is 23.4 Å². The number of benzene rings is 2. The number of nitrogens with one attached hydrogen (secondary N) is 1. The Morgan fingerprint density at radius 3 is 2.52 bits per heavy atom. The molecular weight excluding hydrogens is 410 g/mol. The Morgan fingerprint density at radius 2 is 1.90 bits per heavy atom. The van der Waals surface area contributed by atoms with Crippen molar-refractivity contribution in [2.45, 2.75) is 25.5 Å². The van der Waals surface area contributed by atoms with Crippen molar-refractivity contribution in [3.05, 3.63) is 53.6 Å². The van der Waals surface area contributed by atoms with Crippen LogP contribution in [0.3, 0.4) is 0 Å². The third-order valence-corrected chi connectivity index (χ3v) is 5.67. The summed E-state index contributed by atoms with van der Waals surface area (Å²) in [5, 5.41) is 3.44. The Morgan fingerprint density at radius 1 is 1.21 bits per heavy atom. The van der Waals surface area contributed by atoms with E-state index in [9.17, 15) is 9.59 Å². The number of amidine groups is 1. The van der Waals surface area contributed by atoms with Gasteiger partial charge in [0.05, 0.1) is 12.3 Å². The van der Waals surface area contributed by atoms with Crippen molar-refractivity contribution < 1.29 is 14.3 Å². The fourth-order valence-electron chi connectivity index (χ4n) is 2.80. The molecule has 0 bridgehead atoms. The molecule has 1 saturated heterocycles. The van der Waals surface area contributed by atoms with E-state index in [1.807, 2.05) is 13.8 Å². The molecule has 1 aliphatic rings. The fraction of sp³-hybridized carbons (Fsp3) is 0.286. The summed E-state index contributed by atoms with van der Waals surface area (Å²) in [6.45, 7) is 4.87. The molecule has 152 valence electrons. The minimum Gasteiger partial charge on any atom is -0.494 e. The molecule has 0 aliphatic carbocycles. The Kier molecular flexibility index (Phi) is 7.17. The average Bonchev–Trinajstić information content (AvgIpc) is 2.71. The number of hydrogen-bond acceptors (Lipinski definition) is 5. The predicted molar refractivity (Wildman–Crippen MR) is 118 cm³/mol. The number of carbonyl (C=O) groups excluding carboxylic acids is 2. The zero-order valence-electron chi connectivity index (χ0n) is 16.2. The van der Waals surface area contributed by atoms with E-state index < -0.39 is 5.25 Å². The van der Waals surface area contributed by atoms with Gasteiger partial charge in [-0.05, 0) is 62.4 Å². The van der Waals surface area contributed by atoms with Crippen LogP contribution in [0.5, 0.6) is 5.75 Å².